The lowest BCUT2D eigenvalue weighted by Crippen LogP contribution is -2.47. The molecule has 1 N–H and O–H groups in total. The molecule has 1 fully saturated rings. The summed E-state index contributed by atoms with van der Waals surface area (Å²) in [6.45, 7) is 10.2. The second kappa shape index (κ2) is 5.00. The van der Waals surface area contributed by atoms with Gasteiger partial charge in [-0.25, -0.2) is 0 Å². The summed E-state index contributed by atoms with van der Waals surface area (Å²) in [5, 5.41) is 3.71. The van der Waals surface area contributed by atoms with Gasteiger partial charge in [0.15, 0.2) is 0 Å². The molecule has 0 aliphatic heterocycles. The molecule has 0 bridgehead atoms. The maximum absolute atomic E-state index is 4.16. The molecule has 1 aliphatic rings. The van der Waals surface area contributed by atoms with Crippen molar-refractivity contribution in [3.05, 3.63) is 30.1 Å². The van der Waals surface area contributed by atoms with Crippen LogP contribution >= 0.6 is 0 Å². The van der Waals surface area contributed by atoms with E-state index in [0.29, 0.717) is 5.41 Å². The molecule has 2 unspecified atom stereocenters. The lowest BCUT2D eigenvalue weighted by atomic mass is 9.73. The van der Waals surface area contributed by atoms with Crippen LogP contribution in [0.15, 0.2) is 24.5 Å². The molecule has 2 atom stereocenters. The van der Waals surface area contributed by atoms with Crippen molar-refractivity contribution in [2.24, 2.45) is 5.92 Å². The van der Waals surface area contributed by atoms with Crippen molar-refractivity contribution < 1.29 is 0 Å². The molecule has 1 aromatic heterocycles. The van der Waals surface area contributed by atoms with Crippen LogP contribution in [0.3, 0.4) is 0 Å². The van der Waals surface area contributed by atoms with Crippen molar-refractivity contribution >= 4 is 0 Å². The van der Waals surface area contributed by atoms with E-state index >= 15 is 0 Å². The van der Waals surface area contributed by atoms with Gasteiger partial charge < -0.3 is 5.32 Å². The SMILES string of the molecule is CC1CCCC1(CNC(C)(C)C)c1ccncc1. The van der Waals surface area contributed by atoms with Gasteiger partial charge in [-0.3, -0.25) is 4.98 Å². The van der Waals surface area contributed by atoms with Crippen molar-refractivity contribution in [1.82, 2.24) is 10.3 Å². The average molecular weight is 246 g/mol. The number of aromatic nitrogens is 1. The second-order valence-corrected chi connectivity index (χ2v) is 6.79. The lowest BCUT2D eigenvalue weighted by Gasteiger charge is -2.37. The Morgan fingerprint density at radius 2 is 2.00 bits per heavy atom. The first-order chi connectivity index (χ1) is 8.44. The summed E-state index contributed by atoms with van der Waals surface area (Å²) in [4.78, 5) is 4.16. The van der Waals surface area contributed by atoms with Crippen molar-refractivity contribution in [1.29, 1.82) is 0 Å². The van der Waals surface area contributed by atoms with Gasteiger partial charge in [0.1, 0.15) is 0 Å². The Morgan fingerprint density at radius 1 is 1.33 bits per heavy atom. The summed E-state index contributed by atoms with van der Waals surface area (Å²) in [6.07, 6.45) is 7.84. The first kappa shape index (κ1) is 13.5. The largest absolute Gasteiger partial charge is 0.311 e. The smallest absolute Gasteiger partial charge is 0.0270 e. The molecule has 0 spiro atoms. The topological polar surface area (TPSA) is 24.9 Å². The number of nitrogens with zero attached hydrogens (tertiary/aromatic N) is 1. The highest BCUT2D eigenvalue weighted by atomic mass is 15.0. The van der Waals surface area contributed by atoms with E-state index in [-0.39, 0.29) is 5.54 Å². The Labute approximate surface area is 111 Å². The summed E-state index contributed by atoms with van der Waals surface area (Å²) in [5.74, 6) is 0.745. The number of rotatable bonds is 3. The molecule has 0 amide bonds. The number of pyridine rings is 1. The van der Waals surface area contributed by atoms with Gasteiger partial charge in [0.2, 0.25) is 0 Å². The zero-order valence-corrected chi connectivity index (χ0v) is 12.2. The van der Waals surface area contributed by atoms with Gasteiger partial charge in [-0.05, 0) is 57.2 Å². The van der Waals surface area contributed by atoms with Gasteiger partial charge in [-0.1, -0.05) is 13.3 Å². The maximum Gasteiger partial charge on any atom is 0.0270 e. The maximum atomic E-state index is 4.16. The fourth-order valence-electron chi connectivity index (χ4n) is 3.15. The summed E-state index contributed by atoms with van der Waals surface area (Å²) < 4.78 is 0. The van der Waals surface area contributed by atoms with Gasteiger partial charge in [0.05, 0.1) is 0 Å². The van der Waals surface area contributed by atoms with E-state index in [9.17, 15) is 0 Å². The molecule has 1 aromatic rings. The fourth-order valence-corrected chi connectivity index (χ4v) is 3.15. The summed E-state index contributed by atoms with van der Waals surface area (Å²) in [6, 6.07) is 4.40. The average Bonchev–Trinajstić information content (AvgIpc) is 2.70. The molecule has 1 heterocycles. The first-order valence-electron chi connectivity index (χ1n) is 7.10. The zero-order valence-electron chi connectivity index (χ0n) is 12.2. The fraction of sp³-hybridized carbons (Fsp3) is 0.688. The van der Waals surface area contributed by atoms with E-state index in [1.807, 2.05) is 12.4 Å². The molecule has 1 saturated carbocycles. The minimum Gasteiger partial charge on any atom is -0.311 e. The van der Waals surface area contributed by atoms with Crippen molar-refractivity contribution in [2.75, 3.05) is 6.54 Å². The van der Waals surface area contributed by atoms with Crippen LogP contribution in [0.2, 0.25) is 0 Å². The molecule has 100 valence electrons. The van der Waals surface area contributed by atoms with Crippen LogP contribution in [0.5, 0.6) is 0 Å². The van der Waals surface area contributed by atoms with Crippen molar-refractivity contribution in [3.63, 3.8) is 0 Å². The highest BCUT2D eigenvalue weighted by Crippen LogP contribution is 2.45. The molecule has 0 saturated heterocycles. The summed E-state index contributed by atoms with van der Waals surface area (Å²) in [5.41, 5.74) is 1.94. The standard InChI is InChI=1S/C16H26N2/c1-13-6-5-9-16(13,12-18-15(2,3)4)14-7-10-17-11-8-14/h7-8,10-11,13,18H,5-6,9,12H2,1-4H3. The predicted molar refractivity (Wildman–Crippen MR) is 76.7 cm³/mol. The number of nitrogens with one attached hydrogen (secondary N) is 1. The third-order valence-corrected chi connectivity index (χ3v) is 4.39. The Hall–Kier alpha value is -0.890. The monoisotopic (exact) mass is 246 g/mol. The third-order valence-electron chi connectivity index (χ3n) is 4.39. The highest BCUT2D eigenvalue weighted by molar-refractivity contribution is 5.26. The molecule has 2 nitrogen and oxygen atoms in total. The Bertz CT molecular complexity index is 380. The molecule has 0 aromatic carbocycles. The van der Waals surface area contributed by atoms with Crippen LogP contribution in [-0.2, 0) is 5.41 Å². The highest BCUT2D eigenvalue weighted by Gasteiger charge is 2.41. The van der Waals surface area contributed by atoms with Crippen molar-refractivity contribution in [3.8, 4) is 0 Å². The van der Waals surface area contributed by atoms with E-state index in [4.69, 9.17) is 0 Å². The van der Waals surface area contributed by atoms with Gasteiger partial charge in [-0.2, -0.15) is 0 Å². The molecule has 2 heteroatoms. The Morgan fingerprint density at radius 3 is 2.50 bits per heavy atom. The van der Waals surface area contributed by atoms with E-state index < -0.39 is 0 Å². The molecular formula is C16H26N2. The molecular weight excluding hydrogens is 220 g/mol. The van der Waals surface area contributed by atoms with E-state index in [1.165, 1.54) is 24.8 Å². The zero-order chi connectivity index (χ0) is 13.2. The minimum absolute atomic E-state index is 0.183. The molecule has 2 rings (SSSR count). The minimum atomic E-state index is 0.183. The summed E-state index contributed by atoms with van der Waals surface area (Å²) in [7, 11) is 0. The predicted octanol–water partition coefficient (Wildman–Crippen LogP) is 3.53. The Kier molecular flexibility index (Phi) is 3.76. The summed E-state index contributed by atoms with van der Waals surface area (Å²) >= 11 is 0. The Balaban J connectivity index is 2.25. The van der Waals surface area contributed by atoms with Crippen LogP contribution in [0.25, 0.3) is 0 Å². The molecule has 18 heavy (non-hydrogen) atoms. The third kappa shape index (κ3) is 2.74. The van der Waals surface area contributed by atoms with Gasteiger partial charge in [0.25, 0.3) is 0 Å². The van der Waals surface area contributed by atoms with Gasteiger partial charge >= 0.3 is 0 Å². The first-order valence-corrected chi connectivity index (χ1v) is 7.10. The van der Waals surface area contributed by atoms with E-state index in [1.54, 1.807) is 0 Å². The molecule has 1 aliphatic carbocycles. The van der Waals surface area contributed by atoms with Gasteiger partial charge in [-0.15, -0.1) is 0 Å². The number of hydrogen-bond acceptors (Lipinski definition) is 2. The van der Waals surface area contributed by atoms with E-state index in [2.05, 4.69) is 50.1 Å². The van der Waals surface area contributed by atoms with Crippen molar-refractivity contribution in [2.45, 2.75) is 57.9 Å². The van der Waals surface area contributed by atoms with E-state index in [0.717, 1.165) is 12.5 Å². The lowest BCUT2D eigenvalue weighted by molar-refractivity contribution is 0.279. The number of hydrogen-bond donors (Lipinski definition) is 1. The van der Waals surface area contributed by atoms with Crippen LogP contribution in [0, 0.1) is 5.92 Å². The van der Waals surface area contributed by atoms with Gasteiger partial charge in [0, 0.05) is 29.9 Å². The van der Waals surface area contributed by atoms with Crippen LogP contribution < -0.4 is 5.32 Å². The molecule has 0 radical (unpaired) electrons. The van der Waals surface area contributed by atoms with Crippen LogP contribution in [0.4, 0.5) is 0 Å². The van der Waals surface area contributed by atoms with Crippen LogP contribution in [-0.4, -0.2) is 17.1 Å². The normalized spacial score (nSPS) is 28.6. The quantitative estimate of drug-likeness (QED) is 0.882. The van der Waals surface area contributed by atoms with Crippen LogP contribution in [0.1, 0.15) is 52.5 Å². The second-order valence-electron chi connectivity index (χ2n) is 6.79.